The highest BCUT2D eigenvalue weighted by atomic mass is 32.2. The molecule has 0 amide bonds. The van der Waals surface area contributed by atoms with Gasteiger partial charge >= 0.3 is 0 Å². The van der Waals surface area contributed by atoms with Crippen molar-refractivity contribution in [3.8, 4) is 0 Å². The molecule has 0 radical (unpaired) electrons. The summed E-state index contributed by atoms with van der Waals surface area (Å²) in [5.41, 5.74) is 1.77. The first-order valence-corrected chi connectivity index (χ1v) is 5.58. The van der Waals surface area contributed by atoms with Crippen molar-refractivity contribution < 1.29 is 4.21 Å². The molecule has 1 heterocycles. The van der Waals surface area contributed by atoms with Crippen molar-refractivity contribution >= 4 is 21.8 Å². The van der Waals surface area contributed by atoms with Gasteiger partial charge in [-0.05, 0) is 12.1 Å². The number of fused-ring (bicyclic) bond motifs is 1. The molecule has 0 aliphatic rings. The molecule has 13 heavy (non-hydrogen) atoms. The lowest BCUT2D eigenvalue weighted by atomic mass is 10.3. The molecule has 2 rings (SSSR count). The van der Waals surface area contributed by atoms with Crippen LogP contribution in [0.2, 0.25) is 0 Å². The molecule has 1 atom stereocenters. The number of nitrogens with zero attached hydrogens (tertiary/aromatic N) is 3. The first-order chi connectivity index (χ1) is 6.27. The zero-order chi connectivity index (χ0) is 9.26. The number of para-hydroxylation sites is 1. The van der Waals surface area contributed by atoms with Crippen LogP contribution in [-0.2, 0) is 16.7 Å². The second-order valence-electron chi connectivity index (χ2n) is 2.78. The van der Waals surface area contributed by atoms with E-state index in [4.69, 9.17) is 0 Å². The van der Waals surface area contributed by atoms with Crippen LogP contribution in [0.5, 0.6) is 0 Å². The molecule has 5 heteroatoms. The van der Waals surface area contributed by atoms with Crippen LogP contribution < -0.4 is 0 Å². The van der Waals surface area contributed by atoms with E-state index in [1.165, 1.54) is 0 Å². The molecule has 0 bridgehead atoms. The van der Waals surface area contributed by atoms with E-state index >= 15 is 0 Å². The van der Waals surface area contributed by atoms with Crippen LogP contribution in [0.25, 0.3) is 11.0 Å². The fourth-order valence-corrected chi connectivity index (χ4v) is 1.72. The number of benzene rings is 1. The van der Waals surface area contributed by atoms with Crippen LogP contribution in [0.3, 0.4) is 0 Å². The van der Waals surface area contributed by atoms with Gasteiger partial charge in [-0.3, -0.25) is 4.21 Å². The highest BCUT2D eigenvalue weighted by Crippen LogP contribution is 2.09. The summed E-state index contributed by atoms with van der Waals surface area (Å²) >= 11 is 0. The predicted molar refractivity (Wildman–Crippen MR) is 51.6 cm³/mol. The predicted octanol–water partition coefficient (Wildman–Crippen LogP) is 0.767. The molecular formula is C8H9N3OS. The molecule has 0 aliphatic carbocycles. The maximum Gasteiger partial charge on any atom is 0.118 e. The minimum atomic E-state index is -0.891. The third-order valence-corrected chi connectivity index (χ3v) is 2.33. The standard InChI is InChI=1S/C8H9N3OS/c1-13(12)6-11-8-5-3-2-4-7(8)9-10-11/h2-5H,6H2,1H3. The summed E-state index contributed by atoms with van der Waals surface area (Å²) in [6, 6.07) is 7.63. The molecule has 1 aromatic heterocycles. The van der Waals surface area contributed by atoms with Gasteiger partial charge in [0.1, 0.15) is 11.4 Å². The van der Waals surface area contributed by atoms with Gasteiger partial charge in [-0.1, -0.05) is 17.3 Å². The minimum absolute atomic E-state index is 0.403. The molecule has 0 saturated heterocycles. The third-order valence-electron chi connectivity index (χ3n) is 1.72. The molecule has 0 fully saturated rings. The smallest absolute Gasteiger partial charge is 0.118 e. The van der Waals surface area contributed by atoms with E-state index in [1.54, 1.807) is 10.9 Å². The Morgan fingerprint density at radius 2 is 2.23 bits per heavy atom. The largest absolute Gasteiger partial charge is 0.258 e. The molecule has 0 aliphatic heterocycles. The highest BCUT2D eigenvalue weighted by Gasteiger charge is 2.03. The molecule has 4 nitrogen and oxygen atoms in total. The van der Waals surface area contributed by atoms with E-state index in [2.05, 4.69) is 10.3 Å². The van der Waals surface area contributed by atoms with E-state index in [1.807, 2.05) is 24.3 Å². The topological polar surface area (TPSA) is 47.8 Å². The van der Waals surface area contributed by atoms with Crippen molar-refractivity contribution in [2.75, 3.05) is 6.26 Å². The Labute approximate surface area is 78.0 Å². The summed E-state index contributed by atoms with van der Waals surface area (Å²) < 4.78 is 12.6. The zero-order valence-corrected chi connectivity index (χ0v) is 7.99. The zero-order valence-electron chi connectivity index (χ0n) is 7.17. The maximum atomic E-state index is 11.0. The van der Waals surface area contributed by atoms with E-state index < -0.39 is 10.8 Å². The Balaban J connectivity index is 2.51. The number of rotatable bonds is 2. The number of hydrogen-bond donors (Lipinski definition) is 0. The molecular weight excluding hydrogens is 186 g/mol. The van der Waals surface area contributed by atoms with Gasteiger partial charge in [0.05, 0.1) is 5.52 Å². The summed E-state index contributed by atoms with van der Waals surface area (Å²) in [5, 5.41) is 7.86. The Morgan fingerprint density at radius 1 is 1.46 bits per heavy atom. The molecule has 2 aromatic rings. The quantitative estimate of drug-likeness (QED) is 0.711. The van der Waals surface area contributed by atoms with E-state index in [0.29, 0.717) is 5.88 Å². The Morgan fingerprint density at radius 3 is 3.00 bits per heavy atom. The lowest BCUT2D eigenvalue weighted by molar-refractivity contribution is 0.658. The summed E-state index contributed by atoms with van der Waals surface area (Å²) in [5.74, 6) is 0.403. The lowest BCUT2D eigenvalue weighted by Crippen LogP contribution is -2.04. The molecule has 68 valence electrons. The van der Waals surface area contributed by atoms with Crippen LogP contribution in [0.1, 0.15) is 0 Å². The van der Waals surface area contributed by atoms with Crippen molar-refractivity contribution in [3.05, 3.63) is 24.3 Å². The van der Waals surface area contributed by atoms with Crippen LogP contribution in [-0.4, -0.2) is 25.5 Å². The molecule has 1 unspecified atom stereocenters. The van der Waals surface area contributed by atoms with Crippen LogP contribution >= 0.6 is 0 Å². The summed E-state index contributed by atoms with van der Waals surface area (Å²) in [6.07, 6.45) is 1.65. The van der Waals surface area contributed by atoms with Crippen molar-refractivity contribution in [3.63, 3.8) is 0 Å². The molecule has 0 spiro atoms. The van der Waals surface area contributed by atoms with Crippen LogP contribution in [0.4, 0.5) is 0 Å². The second-order valence-corrected chi connectivity index (χ2v) is 4.18. The molecule has 1 aromatic carbocycles. The van der Waals surface area contributed by atoms with E-state index in [9.17, 15) is 4.21 Å². The average Bonchev–Trinajstić information content (AvgIpc) is 2.48. The number of hydrogen-bond acceptors (Lipinski definition) is 3. The normalized spacial score (nSPS) is 13.3. The first-order valence-electron chi connectivity index (χ1n) is 3.85. The van der Waals surface area contributed by atoms with Gasteiger partial charge in [-0.15, -0.1) is 5.10 Å². The monoisotopic (exact) mass is 195 g/mol. The fraction of sp³-hybridized carbons (Fsp3) is 0.250. The van der Waals surface area contributed by atoms with Crippen molar-refractivity contribution in [1.29, 1.82) is 0 Å². The lowest BCUT2D eigenvalue weighted by Gasteiger charge is -1.96. The first kappa shape index (κ1) is 8.37. The summed E-state index contributed by atoms with van der Waals surface area (Å²) in [6.45, 7) is 0. The fourth-order valence-electron chi connectivity index (χ4n) is 1.18. The van der Waals surface area contributed by atoms with Gasteiger partial charge in [0.25, 0.3) is 0 Å². The summed E-state index contributed by atoms with van der Waals surface area (Å²) in [7, 11) is -0.891. The molecule has 0 N–H and O–H groups in total. The second kappa shape index (κ2) is 3.26. The maximum absolute atomic E-state index is 11.0. The van der Waals surface area contributed by atoms with Crippen molar-refractivity contribution in [1.82, 2.24) is 15.0 Å². The molecule has 0 saturated carbocycles. The van der Waals surface area contributed by atoms with Gasteiger partial charge in [-0.2, -0.15) is 0 Å². The van der Waals surface area contributed by atoms with Gasteiger partial charge in [-0.25, -0.2) is 4.68 Å². The van der Waals surface area contributed by atoms with Gasteiger partial charge in [0, 0.05) is 17.1 Å². The van der Waals surface area contributed by atoms with Gasteiger partial charge in [0.15, 0.2) is 0 Å². The average molecular weight is 195 g/mol. The highest BCUT2D eigenvalue weighted by molar-refractivity contribution is 7.83. The SMILES string of the molecule is CS(=O)Cn1nnc2ccccc21. The van der Waals surface area contributed by atoms with Crippen LogP contribution in [0, 0.1) is 0 Å². The Hall–Kier alpha value is -1.23. The van der Waals surface area contributed by atoms with Crippen molar-refractivity contribution in [2.24, 2.45) is 0 Å². The van der Waals surface area contributed by atoms with E-state index in [0.717, 1.165) is 11.0 Å². The Kier molecular flexibility index (Phi) is 2.10. The van der Waals surface area contributed by atoms with E-state index in [-0.39, 0.29) is 0 Å². The van der Waals surface area contributed by atoms with Gasteiger partial charge in [0.2, 0.25) is 0 Å². The third kappa shape index (κ3) is 1.60. The minimum Gasteiger partial charge on any atom is -0.258 e. The number of aromatic nitrogens is 3. The Bertz CT molecular complexity index is 451. The van der Waals surface area contributed by atoms with Gasteiger partial charge < -0.3 is 0 Å². The van der Waals surface area contributed by atoms with Crippen molar-refractivity contribution in [2.45, 2.75) is 5.88 Å². The van der Waals surface area contributed by atoms with Crippen LogP contribution in [0.15, 0.2) is 24.3 Å². The summed E-state index contributed by atoms with van der Waals surface area (Å²) in [4.78, 5) is 0.